The average molecular weight is 306 g/mol. The Morgan fingerprint density at radius 2 is 2.00 bits per heavy atom. The summed E-state index contributed by atoms with van der Waals surface area (Å²) in [7, 11) is 1.69. The van der Waals surface area contributed by atoms with Crippen LogP contribution in [0.5, 0.6) is 0 Å². The van der Waals surface area contributed by atoms with Gasteiger partial charge in [0.25, 0.3) is 0 Å². The lowest BCUT2D eigenvalue weighted by Crippen LogP contribution is -2.46. The van der Waals surface area contributed by atoms with Crippen LogP contribution in [0.25, 0.3) is 0 Å². The first-order valence-corrected chi connectivity index (χ1v) is 7.06. The first-order valence-electron chi connectivity index (χ1n) is 7.06. The van der Waals surface area contributed by atoms with Gasteiger partial charge in [-0.25, -0.2) is 0 Å². The molecule has 1 rings (SSSR count). The molecular weight excluding hydrogens is 278 g/mol. The van der Waals surface area contributed by atoms with Crippen molar-refractivity contribution in [1.29, 1.82) is 0 Å². The van der Waals surface area contributed by atoms with Crippen LogP contribution in [0.15, 0.2) is 0 Å². The van der Waals surface area contributed by atoms with Crippen molar-refractivity contribution in [3.63, 3.8) is 0 Å². The van der Waals surface area contributed by atoms with Crippen LogP contribution in [-0.4, -0.2) is 48.4 Å². The van der Waals surface area contributed by atoms with Gasteiger partial charge in [0.15, 0.2) is 0 Å². The van der Waals surface area contributed by atoms with Crippen molar-refractivity contribution in [3.05, 3.63) is 0 Å². The fourth-order valence-corrected chi connectivity index (χ4v) is 2.25. The summed E-state index contributed by atoms with van der Waals surface area (Å²) in [5.74, 6) is -0.0694. The van der Waals surface area contributed by atoms with E-state index in [1.807, 2.05) is 20.8 Å². The van der Waals surface area contributed by atoms with Gasteiger partial charge in [-0.2, -0.15) is 0 Å². The summed E-state index contributed by atoms with van der Waals surface area (Å²) in [6.45, 7) is 6.98. The van der Waals surface area contributed by atoms with Crippen molar-refractivity contribution in [2.45, 2.75) is 58.0 Å². The van der Waals surface area contributed by atoms with Crippen LogP contribution in [0, 0.1) is 0 Å². The third-order valence-corrected chi connectivity index (χ3v) is 3.19. The maximum absolute atomic E-state index is 11.9. The molecule has 0 spiro atoms. The second kappa shape index (κ2) is 8.47. The summed E-state index contributed by atoms with van der Waals surface area (Å²) in [4.78, 5) is 25.1. The van der Waals surface area contributed by atoms with Crippen LogP contribution in [0.2, 0.25) is 0 Å². The monoisotopic (exact) mass is 305 g/mol. The molecule has 20 heavy (non-hydrogen) atoms. The normalized spacial score (nSPS) is 18.3. The molecule has 0 aromatic heterocycles. The number of carbonyl (C=O) groups excluding carboxylic acids is 2. The minimum Gasteiger partial charge on any atom is -0.350 e. The minimum atomic E-state index is -0.255. The van der Waals surface area contributed by atoms with E-state index in [0.29, 0.717) is 12.5 Å². The van der Waals surface area contributed by atoms with E-state index in [9.17, 15) is 9.59 Å². The first kappa shape index (κ1) is 19.2. The molecule has 1 atom stereocenters. The molecule has 0 aromatic rings. The van der Waals surface area contributed by atoms with Crippen molar-refractivity contribution >= 4 is 24.2 Å². The van der Waals surface area contributed by atoms with Gasteiger partial charge < -0.3 is 15.5 Å². The van der Waals surface area contributed by atoms with Crippen molar-refractivity contribution in [3.8, 4) is 0 Å². The molecule has 1 aliphatic rings. The van der Waals surface area contributed by atoms with Crippen molar-refractivity contribution in [2.75, 3.05) is 20.1 Å². The minimum absolute atomic E-state index is 0. The quantitative estimate of drug-likeness (QED) is 0.805. The van der Waals surface area contributed by atoms with Crippen LogP contribution in [0.4, 0.5) is 0 Å². The van der Waals surface area contributed by atoms with E-state index >= 15 is 0 Å². The Morgan fingerprint density at radius 3 is 2.50 bits per heavy atom. The van der Waals surface area contributed by atoms with Gasteiger partial charge in [0, 0.05) is 25.0 Å². The number of hydrogen-bond acceptors (Lipinski definition) is 3. The third-order valence-electron chi connectivity index (χ3n) is 3.19. The number of carbonyl (C=O) groups is 2. The van der Waals surface area contributed by atoms with E-state index in [1.54, 1.807) is 7.05 Å². The van der Waals surface area contributed by atoms with Crippen LogP contribution in [-0.2, 0) is 9.59 Å². The first-order chi connectivity index (χ1) is 8.78. The van der Waals surface area contributed by atoms with E-state index in [0.717, 1.165) is 19.4 Å². The Morgan fingerprint density at radius 1 is 1.35 bits per heavy atom. The summed E-state index contributed by atoms with van der Waals surface area (Å²) >= 11 is 0. The van der Waals surface area contributed by atoms with Crippen molar-refractivity contribution in [1.82, 2.24) is 15.5 Å². The lowest BCUT2D eigenvalue weighted by atomic mass is 10.1. The van der Waals surface area contributed by atoms with Gasteiger partial charge >= 0.3 is 0 Å². The molecule has 5 nitrogen and oxygen atoms in total. The molecule has 0 aliphatic carbocycles. The molecule has 1 aliphatic heterocycles. The lowest BCUT2D eigenvalue weighted by molar-refractivity contribution is -0.135. The van der Waals surface area contributed by atoms with E-state index < -0.39 is 0 Å². The lowest BCUT2D eigenvalue weighted by Gasteiger charge is -2.23. The zero-order valence-corrected chi connectivity index (χ0v) is 13.8. The fraction of sp³-hybridized carbons (Fsp3) is 0.857. The van der Waals surface area contributed by atoms with Gasteiger partial charge in [0.05, 0.1) is 6.54 Å². The Hall–Kier alpha value is -0.810. The van der Waals surface area contributed by atoms with Gasteiger partial charge in [-0.3, -0.25) is 9.59 Å². The SMILES string of the molecule is CN(CC(=O)NC(C)(C)C)C(=O)CCC1CCCN1.Cl. The zero-order valence-electron chi connectivity index (χ0n) is 13.0. The summed E-state index contributed by atoms with van der Waals surface area (Å²) in [6.07, 6.45) is 3.73. The molecule has 0 saturated carbocycles. The highest BCUT2D eigenvalue weighted by Crippen LogP contribution is 2.11. The van der Waals surface area contributed by atoms with Gasteiger partial charge in [0.2, 0.25) is 11.8 Å². The number of halogens is 1. The summed E-state index contributed by atoms with van der Waals surface area (Å²) in [5, 5.41) is 6.23. The molecule has 2 N–H and O–H groups in total. The van der Waals surface area contributed by atoms with E-state index in [-0.39, 0.29) is 36.3 Å². The molecule has 1 heterocycles. The molecule has 118 valence electrons. The second-order valence-corrected chi connectivity index (χ2v) is 6.38. The zero-order chi connectivity index (χ0) is 14.5. The van der Waals surface area contributed by atoms with Crippen LogP contribution in [0.3, 0.4) is 0 Å². The van der Waals surface area contributed by atoms with Crippen LogP contribution < -0.4 is 10.6 Å². The molecule has 0 radical (unpaired) electrons. The highest BCUT2D eigenvalue weighted by molar-refractivity contribution is 5.85. The molecule has 0 aromatic carbocycles. The Labute approximate surface area is 128 Å². The smallest absolute Gasteiger partial charge is 0.240 e. The largest absolute Gasteiger partial charge is 0.350 e. The van der Waals surface area contributed by atoms with Crippen molar-refractivity contribution in [2.24, 2.45) is 0 Å². The molecule has 2 amide bonds. The molecular formula is C14H28ClN3O2. The van der Waals surface area contributed by atoms with E-state index in [1.165, 1.54) is 11.3 Å². The molecule has 6 heteroatoms. The number of nitrogens with one attached hydrogen (secondary N) is 2. The van der Waals surface area contributed by atoms with Crippen molar-refractivity contribution < 1.29 is 9.59 Å². The predicted molar refractivity (Wildman–Crippen MR) is 83.0 cm³/mol. The summed E-state index contributed by atoms with van der Waals surface area (Å²) < 4.78 is 0. The Balaban J connectivity index is 0.00000361. The van der Waals surface area contributed by atoms with E-state index in [2.05, 4.69) is 10.6 Å². The number of hydrogen-bond donors (Lipinski definition) is 2. The third kappa shape index (κ3) is 7.70. The molecule has 1 saturated heterocycles. The summed E-state index contributed by atoms with van der Waals surface area (Å²) in [6, 6.07) is 0.473. The summed E-state index contributed by atoms with van der Waals surface area (Å²) in [5.41, 5.74) is -0.255. The highest BCUT2D eigenvalue weighted by atomic mass is 35.5. The Bertz CT molecular complexity index is 323. The number of amides is 2. The second-order valence-electron chi connectivity index (χ2n) is 6.38. The van der Waals surface area contributed by atoms with Crippen LogP contribution >= 0.6 is 12.4 Å². The van der Waals surface area contributed by atoms with Gasteiger partial charge in [-0.15, -0.1) is 12.4 Å². The van der Waals surface area contributed by atoms with Crippen LogP contribution in [0.1, 0.15) is 46.5 Å². The standard InChI is InChI=1S/C14H27N3O2.ClH/c1-14(2,3)16-12(18)10-17(4)13(19)8-7-11-6-5-9-15-11;/h11,15H,5-10H2,1-4H3,(H,16,18);1H. The van der Waals surface area contributed by atoms with Gasteiger partial charge in [0.1, 0.15) is 0 Å². The predicted octanol–water partition coefficient (Wildman–Crippen LogP) is 1.31. The number of nitrogens with zero attached hydrogens (tertiary/aromatic N) is 1. The number of likely N-dealkylation sites (N-methyl/N-ethyl adjacent to an activating group) is 1. The van der Waals surface area contributed by atoms with E-state index in [4.69, 9.17) is 0 Å². The fourth-order valence-electron chi connectivity index (χ4n) is 2.25. The average Bonchev–Trinajstić information content (AvgIpc) is 2.75. The molecule has 0 bridgehead atoms. The maximum atomic E-state index is 11.9. The number of rotatable bonds is 5. The molecule has 1 fully saturated rings. The highest BCUT2D eigenvalue weighted by Gasteiger charge is 2.19. The van der Waals surface area contributed by atoms with Gasteiger partial charge in [-0.1, -0.05) is 0 Å². The maximum Gasteiger partial charge on any atom is 0.240 e. The van der Waals surface area contributed by atoms with Gasteiger partial charge in [-0.05, 0) is 46.6 Å². The Kier molecular flexibility index (Phi) is 8.13. The molecule has 1 unspecified atom stereocenters. The topological polar surface area (TPSA) is 61.4 Å².